The van der Waals surface area contributed by atoms with Gasteiger partial charge in [0.2, 0.25) is 0 Å². The van der Waals surface area contributed by atoms with Crippen LogP contribution in [-0.2, 0) is 10.8 Å². The Kier molecular flexibility index (Phi) is 5.34. The fraction of sp³-hybridized carbons (Fsp3) is 0.632. The maximum Gasteiger partial charge on any atom is 0.187 e. The zero-order valence-electron chi connectivity index (χ0n) is 15.8. The Morgan fingerprint density at radius 2 is 1.57 bits per heavy atom. The van der Waals surface area contributed by atoms with Gasteiger partial charge in [-0.2, -0.15) is 0 Å². The first-order chi connectivity index (χ1) is 10.3. The zero-order valence-corrected chi connectivity index (χ0v) is 15.8. The fourth-order valence-electron chi connectivity index (χ4n) is 2.41. The van der Waals surface area contributed by atoms with E-state index in [1.807, 2.05) is 6.07 Å². The molecule has 1 aromatic carbocycles. The summed E-state index contributed by atoms with van der Waals surface area (Å²) in [4.78, 5) is 13.0. The summed E-state index contributed by atoms with van der Waals surface area (Å²) in [5.74, 6) is 0.411. The molecule has 0 heterocycles. The summed E-state index contributed by atoms with van der Waals surface area (Å²) in [6, 6.07) is 4.03. The van der Waals surface area contributed by atoms with Crippen LogP contribution < -0.4 is 16.2 Å². The number of ketones is 1. The number of carbonyl (C=O) groups excluding carboxylic acids is 1. The van der Waals surface area contributed by atoms with E-state index in [0.717, 1.165) is 11.1 Å². The summed E-state index contributed by atoms with van der Waals surface area (Å²) in [6.07, 6.45) is 0. The highest BCUT2D eigenvalue weighted by molar-refractivity contribution is 6.05. The van der Waals surface area contributed by atoms with Crippen molar-refractivity contribution in [3.05, 3.63) is 28.8 Å². The van der Waals surface area contributed by atoms with Gasteiger partial charge in [-0.3, -0.25) is 4.79 Å². The second-order valence-corrected chi connectivity index (χ2v) is 8.56. The Hall–Kier alpha value is -1.39. The third-order valence-electron chi connectivity index (χ3n) is 4.15. The Morgan fingerprint density at radius 3 is 1.91 bits per heavy atom. The average molecular weight is 320 g/mol. The summed E-state index contributed by atoms with van der Waals surface area (Å²) in [5, 5.41) is 0. The van der Waals surface area contributed by atoms with Gasteiger partial charge in [-0.25, -0.2) is 0 Å². The lowest BCUT2D eigenvalue weighted by atomic mass is 9.77. The molecule has 0 spiro atoms. The monoisotopic (exact) mass is 320 g/mol. The van der Waals surface area contributed by atoms with E-state index in [2.05, 4.69) is 47.6 Å². The van der Waals surface area contributed by atoms with Crippen LogP contribution in [-0.4, -0.2) is 25.0 Å². The molecule has 1 aromatic rings. The minimum atomic E-state index is -1.11. The van der Waals surface area contributed by atoms with E-state index in [1.165, 1.54) is 0 Å². The van der Waals surface area contributed by atoms with Gasteiger partial charge in [0.1, 0.15) is 5.75 Å². The molecule has 0 saturated heterocycles. The van der Waals surface area contributed by atoms with Crippen molar-refractivity contribution >= 4 is 5.78 Å². The molecular weight excluding hydrogens is 288 g/mol. The molecule has 0 aromatic heterocycles. The molecule has 0 fully saturated rings. The zero-order chi connectivity index (χ0) is 18.2. The van der Waals surface area contributed by atoms with Crippen LogP contribution in [0.4, 0.5) is 0 Å². The van der Waals surface area contributed by atoms with Crippen LogP contribution in [0.25, 0.3) is 0 Å². The molecule has 130 valence electrons. The van der Waals surface area contributed by atoms with Gasteiger partial charge < -0.3 is 16.2 Å². The first kappa shape index (κ1) is 19.7. The van der Waals surface area contributed by atoms with Crippen LogP contribution in [0.2, 0.25) is 0 Å². The quantitative estimate of drug-likeness (QED) is 0.835. The van der Waals surface area contributed by atoms with Crippen molar-refractivity contribution in [1.82, 2.24) is 0 Å². The second kappa shape index (κ2) is 6.25. The van der Waals surface area contributed by atoms with Gasteiger partial charge in [-0.05, 0) is 29.4 Å². The average Bonchev–Trinajstić information content (AvgIpc) is 2.42. The van der Waals surface area contributed by atoms with Crippen LogP contribution >= 0.6 is 0 Å². The molecule has 1 rings (SSSR count). The number of nitrogens with two attached hydrogens (primary N) is 2. The highest BCUT2D eigenvalue weighted by Gasteiger charge is 2.34. The van der Waals surface area contributed by atoms with E-state index in [9.17, 15) is 4.79 Å². The van der Waals surface area contributed by atoms with Crippen molar-refractivity contribution in [2.45, 2.75) is 64.8 Å². The number of carbonyl (C=O) groups is 1. The van der Waals surface area contributed by atoms with Gasteiger partial charge in [0, 0.05) is 12.1 Å². The van der Waals surface area contributed by atoms with Gasteiger partial charge in [0.15, 0.2) is 5.78 Å². The Morgan fingerprint density at radius 1 is 1.04 bits per heavy atom. The van der Waals surface area contributed by atoms with Gasteiger partial charge in [0.25, 0.3) is 0 Å². The predicted octanol–water partition coefficient (Wildman–Crippen LogP) is 3.15. The van der Waals surface area contributed by atoms with Gasteiger partial charge in [0.05, 0.1) is 18.2 Å². The molecule has 4 N–H and O–H groups in total. The van der Waals surface area contributed by atoms with Crippen LogP contribution in [0.15, 0.2) is 12.1 Å². The SMILES string of the molecule is COc1c(C(=O)C(C)(N)CN)cc(C(C)(C)C)cc1C(C)(C)C. The second-order valence-electron chi connectivity index (χ2n) is 8.56. The summed E-state index contributed by atoms with van der Waals surface area (Å²) < 4.78 is 5.61. The molecule has 23 heavy (non-hydrogen) atoms. The molecule has 1 unspecified atom stereocenters. The van der Waals surface area contributed by atoms with E-state index < -0.39 is 5.54 Å². The lowest BCUT2D eigenvalue weighted by molar-refractivity contribution is 0.0903. The number of Topliss-reactive ketones (excluding diaryl/α,β-unsaturated/α-hetero) is 1. The van der Waals surface area contributed by atoms with Crippen molar-refractivity contribution in [2.75, 3.05) is 13.7 Å². The molecule has 0 aliphatic heterocycles. The topological polar surface area (TPSA) is 78.3 Å². The third-order valence-corrected chi connectivity index (χ3v) is 4.15. The maximum atomic E-state index is 13.0. The number of benzene rings is 1. The molecular formula is C19H32N2O2. The molecule has 0 aliphatic carbocycles. The summed E-state index contributed by atoms with van der Waals surface area (Å²) in [5.41, 5.74) is 13.0. The number of rotatable bonds is 4. The van der Waals surface area contributed by atoms with Crippen molar-refractivity contribution in [1.29, 1.82) is 0 Å². The first-order valence-electron chi connectivity index (χ1n) is 8.02. The van der Waals surface area contributed by atoms with E-state index >= 15 is 0 Å². The van der Waals surface area contributed by atoms with Gasteiger partial charge in [-0.15, -0.1) is 0 Å². The van der Waals surface area contributed by atoms with E-state index in [-0.39, 0.29) is 23.2 Å². The normalized spacial score (nSPS) is 15.2. The summed E-state index contributed by atoms with van der Waals surface area (Å²) in [7, 11) is 1.59. The minimum Gasteiger partial charge on any atom is -0.496 e. The van der Waals surface area contributed by atoms with Crippen molar-refractivity contribution < 1.29 is 9.53 Å². The molecule has 0 amide bonds. The Labute approximate surface area is 140 Å². The van der Waals surface area contributed by atoms with Crippen LogP contribution in [0.1, 0.15) is 70.0 Å². The molecule has 0 radical (unpaired) electrons. The molecule has 0 saturated carbocycles. The van der Waals surface area contributed by atoms with Crippen LogP contribution in [0.3, 0.4) is 0 Å². The molecule has 0 bridgehead atoms. The van der Waals surface area contributed by atoms with Crippen LogP contribution in [0, 0.1) is 0 Å². The lowest BCUT2D eigenvalue weighted by Crippen LogP contribution is -2.51. The third kappa shape index (κ3) is 4.12. The molecule has 0 aliphatic rings. The van der Waals surface area contributed by atoms with Crippen molar-refractivity contribution in [2.24, 2.45) is 11.5 Å². The molecule has 4 nitrogen and oxygen atoms in total. The first-order valence-corrected chi connectivity index (χ1v) is 8.02. The molecule has 1 atom stereocenters. The summed E-state index contributed by atoms with van der Waals surface area (Å²) >= 11 is 0. The lowest BCUT2D eigenvalue weighted by Gasteiger charge is -2.30. The smallest absolute Gasteiger partial charge is 0.187 e. The van der Waals surface area contributed by atoms with Crippen molar-refractivity contribution in [3.63, 3.8) is 0 Å². The predicted molar refractivity (Wildman–Crippen MR) is 96.4 cm³/mol. The number of hydrogen-bond donors (Lipinski definition) is 2. The highest BCUT2D eigenvalue weighted by Crippen LogP contribution is 2.39. The maximum absolute atomic E-state index is 13.0. The number of methoxy groups -OCH3 is 1. The fourth-order valence-corrected chi connectivity index (χ4v) is 2.41. The minimum absolute atomic E-state index is 0.0829. The van der Waals surface area contributed by atoms with E-state index in [0.29, 0.717) is 11.3 Å². The summed E-state index contributed by atoms with van der Waals surface area (Å²) in [6.45, 7) is 14.4. The Bertz CT molecular complexity index is 591. The van der Waals surface area contributed by atoms with Crippen molar-refractivity contribution in [3.8, 4) is 5.75 Å². The number of hydrogen-bond acceptors (Lipinski definition) is 4. The van der Waals surface area contributed by atoms with Crippen LogP contribution in [0.5, 0.6) is 5.75 Å². The standard InChI is InChI=1S/C19H32N2O2/c1-17(2,3)12-9-13(16(22)19(7,21)11-20)15(23-8)14(10-12)18(4,5)6/h9-10H,11,20-21H2,1-8H3. The number of ether oxygens (including phenoxy) is 1. The van der Waals surface area contributed by atoms with E-state index in [1.54, 1.807) is 14.0 Å². The largest absolute Gasteiger partial charge is 0.496 e. The van der Waals surface area contributed by atoms with E-state index in [4.69, 9.17) is 16.2 Å². The molecule has 4 heteroatoms. The van der Waals surface area contributed by atoms with Gasteiger partial charge in [-0.1, -0.05) is 47.6 Å². The van der Waals surface area contributed by atoms with Gasteiger partial charge >= 0.3 is 0 Å². The highest BCUT2D eigenvalue weighted by atomic mass is 16.5. The Balaban J connectivity index is 3.77.